The number of sulfonamides is 1. The third kappa shape index (κ3) is 4.52. The van der Waals surface area contributed by atoms with Gasteiger partial charge < -0.3 is 4.52 Å². The standard InChI is InChI=1S/C12H20N2O5S2/c1-12(2,3)11-6-10(13-19-11)8-21(17,18)14-9-4-5-20(15,16)7-9/h6,9,14H,4-5,7-8H2,1-3H3. The number of sulfone groups is 1. The third-order valence-electron chi connectivity index (χ3n) is 3.21. The van der Waals surface area contributed by atoms with E-state index < -0.39 is 25.9 Å². The Hall–Kier alpha value is -0.930. The fraction of sp³-hybridized carbons (Fsp3) is 0.750. The first-order chi connectivity index (χ1) is 9.47. The molecular weight excluding hydrogens is 316 g/mol. The summed E-state index contributed by atoms with van der Waals surface area (Å²) in [5.74, 6) is 0.177. The number of hydrogen-bond acceptors (Lipinski definition) is 6. The van der Waals surface area contributed by atoms with Gasteiger partial charge in [0.05, 0.1) is 11.5 Å². The van der Waals surface area contributed by atoms with Crippen LogP contribution in [0, 0.1) is 0 Å². The SMILES string of the molecule is CC(C)(C)c1cc(CS(=O)(=O)NC2CCS(=O)(=O)C2)no1. The Morgan fingerprint density at radius 2 is 2.10 bits per heavy atom. The van der Waals surface area contributed by atoms with Gasteiger partial charge in [-0.1, -0.05) is 25.9 Å². The molecule has 1 fully saturated rings. The van der Waals surface area contributed by atoms with Gasteiger partial charge in [0.2, 0.25) is 10.0 Å². The normalized spacial score (nSPS) is 22.5. The summed E-state index contributed by atoms with van der Waals surface area (Å²) in [6.07, 6.45) is 0.313. The van der Waals surface area contributed by atoms with E-state index in [0.29, 0.717) is 17.9 Å². The molecule has 0 aromatic carbocycles. The Morgan fingerprint density at radius 3 is 2.57 bits per heavy atom. The fourth-order valence-corrected chi connectivity index (χ4v) is 5.21. The maximum absolute atomic E-state index is 12.0. The van der Waals surface area contributed by atoms with E-state index in [4.69, 9.17) is 4.52 Å². The monoisotopic (exact) mass is 336 g/mol. The third-order valence-corrected chi connectivity index (χ3v) is 6.35. The van der Waals surface area contributed by atoms with Crippen molar-refractivity contribution in [2.24, 2.45) is 0 Å². The van der Waals surface area contributed by atoms with Gasteiger partial charge in [-0.2, -0.15) is 0 Å². The highest BCUT2D eigenvalue weighted by Crippen LogP contribution is 2.23. The summed E-state index contributed by atoms with van der Waals surface area (Å²) in [5.41, 5.74) is 0.0652. The molecule has 0 bridgehead atoms. The zero-order valence-corrected chi connectivity index (χ0v) is 13.9. The van der Waals surface area contributed by atoms with E-state index in [2.05, 4.69) is 9.88 Å². The lowest BCUT2D eigenvalue weighted by molar-refractivity contribution is 0.326. The average molecular weight is 336 g/mol. The lowest BCUT2D eigenvalue weighted by atomic mass is 9.93. The highest BCUT2D eigenvalue weighted by atomic mass is 32.2. The molecule has 1 aromatic heterocycles. The average Bonchev–Trinajstić information content (AvgIpc) is 2.83. The van der Waals surface area contributed by atoms with Gasteiger partial charge in [-0.3, -0.25) is 0 Å². The first-order valence-electron chi connectivity index (χ1n) is 6.63. The van der Waals surface area contributed by atoms with Crippen LogP contribution >= 0.6 is 0 Å². The van der Waals surface area contributed by atoms with Crippen LogP contribution in [0.2, 0.25) is 0 Å². The van der Waals surface area contributed by atoms with Gasteiger partial charge in [-0.05, 0) is 6.42 Å². The molecule has 9 heteroatoms. The second-order valence-electron chi connectivity index (χ2n) is 6.41. The Kier molecular flexibility index (Phi) is 4.20. The minimum absolute atomic E-state index is 0.0261. The molecule has 1 aliphatic heterocycles. The van der Waals surface area contributed by atoms with Crippen LogP contribution in [0.15, 0.2) is 10.6 Å². The molecule has 0 amide bonds. The van der Waals surface area contributed by atoms with Crippen LogP contribution in [0.5, 0.6) is 0 Å². The second kappa shape index (κ2) is 5.36. The van der Waals surface area contributed by atoms with Gasteiger partial charge >= 0.3 is 0 Å². The van der Waals surface area contributed by atoms with Crippen LogP contribution in [0.1, 0.15) is 38.6 Å². The Balaban J connectivity index is 2.03. The van der Waals surface area contributed by atoms with Gasteiger partial charge in [0.25, 0.3) is 0 Å². The lowest BCUT2D eigenvalue weighted by Crippen LogP contribution is -2.36. The quantitative estimate of drug-likeness (QED) is 0.862. The molecule has 120 valence electrons. The molecule has 1 atom stereocenters. The molecule has 1 unspecified atom stereocenters. The van der Waals surface area contributed by atoms with Crippen LogP contribution in [0.25, 0.3) is 0 Å². The van der Waals surface area contributed by atoms with Crippen molar-refractivity contribution in [3.05, 3.63) is 17.5 Å². The van der Waals surface area contributed by atoms with Crippen LogP contribution in [0.3, 0.4) is 0 Å². The summed E-state index contributed by atoms with van der Waals surface area (Å²) in [5, 5.41) is 3.76. The molecule has 1 N–H and O–H groups in total. The van der Waals surface area contributed by atoms with Crippen molar-refractivity contribution in [3.8, 4) is 0 Å². The van der Waals surface area contributed by atoms with Crippen LogP contribution < -0.4 is 4.72 Å². The molecule has 1 saturated heterocycles. The number of hydrogen-bond donors (Lipinski definition) is 1. The maximum atomic E-state index is 12.0. The molecule has 7 nitrogen and oxygen atoms in total. The van der Waals surface area contributed by atoms with E-state index in [1.807, 2.05) is 20.8 Å². The number of nitrogens with zero attached hydrogens (tertiary/aromatic N) is 1. The van der Waals surface area contributed by atoms with Crippen LogP contribution in [-0.4, -0.2) is 39.5 Å². The highest BCUT2D eigenvalue weighted by Gasteiger charge is 2.31. The van der Waals surface area contributed by atoms with E-state index in [1.54, 1.807) is 6.07 Å². The Bertz CT molecular complexity index is 713. The van der Waals surface area contributed by atoms with Crippen molar-refractivity contribution < 1.29 is 21.4 Å². The van der Waals surface area contributed by atoms with Gasteiger partial charge in [0, 0.05) is 17.5 Å². The van der Waals surface area contributed by atoms with Crippen molar-refractivity contribution >= 4 is 19.9 Å². The molecule has 2 rings (SSSR count). The van der Waals surface area contributed by atoms with Crippen LogP contribution in [-0.2, 0) is 31.0 Å². The summed E-state index contributed by atoms with van der Waals surface area (Å²) in [6.45, 7) is 5.81. The molecule has 0 radical (unpaired) electrons. The molecule has 21 heavy (non-hydrogen) atoms. The molecule has 0 spiro atoms. The summed E-state index contributed by atoms with van der Waals surface area (Å²) in [7, 11) is -6.75. The van der Waals surface area contributed by atoms with E-state index in [1.165, 1.54) is 0 Å². The van der Waals surface area contributed by atoms with Gasteiger partial charge in [0.15, 0.2) is 9.84 Å². The Labute approximate surface area is 125 Å². The van der Waals surface area contributed by atoms with Crippen molar-refractivity contribution in [1.29, 1.82) is 0 Å². The maximum Gasteiger partial charge on any atom is 0.217 e. The zero-order valence-electron chi connectivity index (χ0n) is 12.3. The summed E-state index contributed by atoms with van der Waals surface area (Å²) < 4.78 is 54.3. The van der Waals surface area contributed by atoms with E-state index in [9.17, 15) is 16.8 Å². The number of nitrogens with one attached hydrogen (secondary N) is 1. The minimum atomic E-state index is -3.64. The van der Waals surface area contributed by atoms with Gasteiger partial charge in [-0.15, -0.1) is 0 Å². The van der Waals surface area contributed by atoms with Gasteiger partial charge in [-0.25, -0.2) is 21.6 Å². The molecular formula is C12H20N2O5S2. The Morgan fingerprint density at radius 1 is 1.43 bits per heavy atom. The summed E-state index contributed by atoms with van der Waals surface area (Å²) in [6, 6.07) is 1.07. The zero-order chi connectivity index (χ0) is 15.9. The minimum Gasteiger partial charge on any atom is -0.361 e. The van der Waals surface area contributed by atoms with Gasteiger partial charge in [0.1, 0.15) is 17.2 Å². The van der Waals surface area contributed by atoms with Crippen molar-refractivity contribution in [3.63, 3.8) is 0 Å². The predicted octanol–water partition coefficient (Wildman–Crippen LogP) is 0.579. The first-order valence-corrected chi connectivity index (χ1v) is 10.1. The van der Waals surface area contributed by atoms with Crippen molar-refractivity contribution in [1.82, 2.24) is 9.88 Å². The predicted molar refractivity (Wildman–Crippen MR) is 78.0 cm³/mol. The summed E-state index contributed by atoms with van der Waals surface area (Å²) in [4.78, 5) is 0. The largest absolute Gasteiger partial charge is 0.361 e. The molecule has 0 aliphatic carbocycles. The number of aromatic nitrogens is 1. The molecule has 2 heterocycles. The summed E-state index contributed by atoms with van der Waals surface area (Å²) >= 11 is 0. The molecule has 1 aromatic rings. The first kappa shape index (κ1) is 16.4. The number of rotatable bonds is 4. The molecule has 1 aliphatic rings. The highest BCUT2D eigenvalue weighted by molar-refractivity contribution is 7.92. The van der Waals surface area contributed by atoms with Crippen molar-refractivity contribution in [2.45, 2.75) is 44.4 Å². The topological polar surface area (TPSA) is 106 Å². The van der Waals surface area contributed by atoms with E-state index >= 15 is 0 Å². The van der Waals surface area contributed by atoms with E-state index in [0.717, 1.165) is 0 Å². The van der Waals surface area contributed by atoms with Crippen molar-refractivity contribution in [2.75, 3.05) is 11.5 Å². The fourth-order valence-electron chi connectivity index (χ4n) is 2.11. The molecule has 0 saturated carbocycles. The van der Waals surface area contributed by atoms with Crippen LogP contribution in [0.4, 0.5) is 0 Å². The smallest absolute Gasteiger partial charge is 0.217 e. The lowest BCUT2D eigenvalue weighted by Gasteiger charge is -2.12. The van der Waals surface area contributed by atoms with E-state index in [-0.39, 0.29) is 22.7 Å². The second-order valence-corrected chi connectivity index (χ2v) is 10.4.